The molecule has 0 unspecified atom stereocenters. The number of amides is 2. The van der Waals surface area contributed by atoms with Gasteiger partial charge in [-0.2, -0.15) is 5.10 Å². The van der Waals surface area contributed by atoms with Crippen LogP contribution in [-0.4, -0.2) is 27.9 Å². The Balaban J connectivity index is 1.61. The number of rotatable bonds is 6. The molecule has 1 fully saturated rings. The van der Waals surface area contributed by atoms with Crippen LogP contribution in [0.25, 0.3) is 5.69 Å². The minimum absolute atomic E-state index is 0.303. The van der Waals surface area contributed by atoms with Crippen LogP contribution in [-0.2, 0) is 6.61 Å². The average Bonchev–Trinajstić information content (AvgIpc) is 3.55. The highest BCUT2D eigenvalue weighted by Crippen LogP contribution is 2.44. The van der Waals surface area contributed by atoms with E-state index < -0.39 is 6.03 Å². The molecular formula is C24H30N6O2. The summed E-state index contributed by atoms with van der Waals surface area (Å²) in [5, 5.41) is 6.61. The van der Waals surface area contributed by atoms with Gasteiger partial charge in [0.05, 0.1) is 17.1 Å². The van der Waals surface area contributed by atoms with Crippen LogP contribution in [0.5, 0.6) is 5.75 Å². The van der Waals surface area contributed by atoms with Crippen LogP contribution < -0.4 is 21.4 Å². The molecule has 2 aromatic carbocycles. The summed E-state index contributed by atoms with van der Waals surface area (Å²) in [7, 11) is 1.47. The first-order valence-corrected chi connectivity index (χ1v) is 10.7. The normalized spacial score (nSPS) is 13.2. The number of anilines is 1. The molecule has 4 rings (SSSR count). The number of urea groups is 1. The molecule has 1 aliphatic carbocycles. The predicted octanol–water partition coefficient (Wildman–Crippen LogP) is 3.86. The van der Waals surface area contributed by atoms with Gasteiger partial charge in [-0.25, -0.2) is 26.2 Å². The molecule has 1 heterocycles. The number of hydrogen-bond acceptors (Lipinski definition) is 5. The molecule has 0 spiro atoms. The first-order valence-electron chi connectivity index (χ1n) is 10.7. The molecule has 0 bridgehead atoms. The summed E-state index contributed by atoms with van der Waals surface area (Å²) in [4.78, 5) is 12.4. The Kier molecular flexibility index (Phi) is 5.90. The van der Waals surface area contributed by atoms with Crippen molar-refractivity contribution >= 4 is 11.7 Å². The molecule has 8 nitrogen and oxygen atoms in total. The van der Waals surface area contributed by atoms with E-state index in [1.807, 2.05) is 49.7 Å². The van der Waals surface area contributed by atoms with Crippen LogP contribution in [0.4, 0.5) is 10.5 Å². The highest BCUT2D eigenvalue weighted by molar-refractivity contribution is 5.91. The summed E-state index contributed by atoms with van der Waals surface area (Å²) in [6.45, 7) is 6.34. The van der Waals surface area contributed by atoms with Crippen molar-refractivity contribution in [2.45, 2.75) is 46.1 Å². The molecule has 0 saturated heterocycles. The molecule has 168 valence electrons. The van der Waals surface area contributed by atoms with Crippen molar-refractivity contribution in [2.75, 3.05) is 12.1 Å². The second kappa shape index (κ2) is 8.64. The number of nitrogens with two attached hydrogens (primary N) is 2. The van der Waals surface area contributed by atoms with Crippen molar-refractivity contribution in [2.24, 2.45) is 11.7 Å². The number of hydrazine groups is 2. The minimum atomic E-state index is -0.496. The van der Waals surface area contributed by atoms with E-state index in [1.165, 1.54) is 12.6 Å². The van der Waals surface area contributed by atoms with Gasteiger partial charge in [0.2, 0.25) is 0 Å². The van der Waals surface area contributed by atoms with Gasteiger partial charge in [-0.3, -0.25) is 5.01 Å². The van der Waals surface area contributed by atoms with Gasteiger partial charge in [0.15, 0.2) is 0 Å². The lowest BCUT2D eigenvalue weighted by Crippen LogP contribution is -2.49. The zero-order valence-corrected chi connectivity index (χ0v) is 19.0. The molecule has 2 amide bonds. The smallest absolute Gasteiger partial charge is 0.352 e. The van der Waals surface area contributed by atoms with Gasteiger partial charge in [0, 0.05) is 18.3 Å². The maximum atomic E-state index is 12.4. The lowest BCUT2D eigenvalue weighted by molar-refractivity contribution is 0.216. The van der Waals surface area contributed by atoms with E-state index in [9.17, 15) is 4.79 Å². The largest absolute Gasteiger partial charge is 0.489 e. The van der Waals surface area contributed by atoms with Gasteiger partial charge in [0.1, 0.15) is 12.4 Å². The molecule has 1 aliphatic rings. The van der Waals surface area contributed by atoms with Crippen LogP contribution >= 0.6 is 0 Å². The summed E-state index contributed by atoms with van der Waals surface area (Å²) >= 11 is 0. The lowest BCUT2D eigenvalue weighted by atomic mass is 10.0. The third-order valence-corrected chi connectivity index (χ3v) is 5.76. The summed E-state index contributed by atoms with van der Waals surface area (Å²) in [5.41, 5.74) is 6.74. The average molecular weight is 435 g/mol. The third-order valence-electron chi connectivity index (χ3n) is 5.76. The van der Waals surface area contributed by atoms with Crippen LogP contribution in [0, 0.1) is 20.8 Å². The van der Waals surface area contributed by atoms with Gasteiger partial charge in [-0.15, -0.1) is 0 Å². The van der Waals surface area contributed by atoms with Gasteiger partial charge in [-0.05, 0) is 81.0 Å². The number of aryl methyl sites for hydroxylation is 3. The van der Waals surface area contributed by atoms with Crippen molar-refractivity contribution in [3.05, 3.63) is 70.5 Å². The first-order chi connectivity index (χ1) is 15.3. The van der Waals surface area contributed by atoms with E-state index >= 15 is 0 Å². The maximum absolute atomic E-state index is 12.4. The molecule has 4 N–H and O–H groups in total. The van der Waals surface area contributed by atoms with E-state index in [4.69, 9.17) is 16.4 Å². The van der Waals surface area contributed by atoms with E-state index in [0.717, 1.165) is 56.8 Å². The fourth-order valence-electron chi connectivity index (χ4n) is 3.99. The summed E-state index contributed by atoms with van der Waals surface area (Å²) < 4.78 is 8.16. The van der Waals surface area contributed by atoms with E-state index in [-0.39, 0.29) is 0 Å². The number of aromatic nitrogens is 2. The highest BCUT2D eigenvalue weighted by atomic mass is 16.5. The van der Waals surface area contributed by atoms with E-state index in [1.54, 1.807) is 0 Å². The second-order valence-corrected chi connectivity index (χ2v) is 8.46. The van der Waals surface area contributed by atoms with E-state index in [0.29, 0.717) is 18.2 Å². The number of carbonyl (C=O) groups is 1. The SMILES string of the molecule is Cc1cc(C)n(-c2ccc(OCc3c(C4CC4)cccc3N(N)C(=O)N(C)N)c(C)c2)n1. The summed E-state index contributed by atoms with van der Waals surface area (Å²) in [6.07, 6.45) is 2.25. The molecule has 0 atom stereocenters. The minimum Gasteiger partial charge on any atom is -0.489 e. The van der Waals surface area contributed by atoms with Gasteiger partial charge in [-0.1, -0.05) is 12.1 Å². The summed E-state index contributed by atoms with van der Waals surface area (Å²) in [6, 6.07) is 13.4. The highest BCUT2D eigenvalue weighted by Gasteiger charge is 2.29. The van der Waals surface area contributed by atoms with Crippen molar-refractivity contribution in [3.63, 3.8) is 0 Å². The van der Waals surface area contributed by atoms with Crippen molar-refractivity contribution in [1.29, 1.82) is 0 Å². The zero-order valence-electron chi connectivity index (χ0n) is 19.0. The Morgan fingerprint density at radius 1 is 1.16 bits per heavy atom. The molecule has 3 aromatic rings. The number of hydrogen-bond donors (Lipinski definition) is 2. The van der Waals surface area contributed by atoms with Crippen LogP contribution in [0.15, 0.2) is 42.5 Å². The molecule has 0 radical (unpaired) electrons. The number of benzene rings is 2. The predicted molar refractivity (Wildman–Crippen MR) is 125 cm³/mol. The first kappa shape index (κ1) is 21.9. The maximum Gasteiger partial charge on any atom is 0.352 e. The Morgan fingerprint density at radius 3 is 2.50 bits per heavy atom. The quantitative estimate of drug-likeness (QED) is 0.348. The summed E-state index contributed by atoms with van der Waals surface area (Å²) in [5.74, 6) is 13.0. The number of carbonyl (C=O) groups excluding carboxylic acids is 1. The topological polar surface area (TPSA) is 103 Å². The molecule has 1 saturated carbocycles. The Labute approximate surface area is 188 Å². The molecular weight excluding hydrogens is 404 g/mol. The fourth-order valence-corrected chi connectivity index (χ4v) is 3.99. The standard InChI is InChI=1S/C24H30N6O2/c1-15-12-19(30-17(3)13-16(2)27-30)10-11-23(15)32-14-21-20(18-8-9-18)6-5-7-22(21)29(26)24(31)28(4)25/h5-7,10-13,18H,8-9,14,25-26H2,1-4H3. The Hall–Kier alpha value is -3.36. The van der Waals surface area contributed by atoms with Crippen molar-refractivity contribution in [3.8, 4) is 11.4 Å². The van der Waals surface area contributed by atoms with Crippen LogP contribution in [0.2, 0.25) is 0 Å². The Morgan fingerprint density at radius 2 is 1.91 bits per heavy atom. The monoisotopic (exact) mass is 434 g/mol. The zero-order chi connectivity index (χ0) is 23.0. The van der Waals surface area contributed by atoms with Crippen molar-refractivity contribution in [1.82, 2.24) is 14.8 Å². The van der Waals surface area contributed by atoms with Crippen molar-refractivity contribution < 1.29 is 9.53 Å². The molecule has 1 aromatic heterocycles. The molecule has 0 aliphatic heterocycles. The van der Waals surface area contributed by atoms with Crippen LogP contribution in [0.3, 0.4) is 0 Å². The molecule has 8 heteroatoms. The van der Waals surface area contributed by atoms with Crippen LogP contribution in [0.1, 0.15) is 46.8 Å². The van der Waals surface area contributed by atoms with E-state index in [2.05, 4.69) is 23.3 Å². The number of nitrogens with zero attached hydrogens (tertiary/aromatic N) is 4. The van der Waals surface area contributed by atoms with Gasteiger partial charge in [0.25, 0.3) is 0 Å². The second-order valence-electron chi connectivity index (χ2n) is 8.46. The Bertz CT molecular complexity index is 1150. The molecule has 32 heavy (non-hydrogen) atoms. The van der Waals surface area contributed by atoms with Gasteiger partial charge < -0.3 is 4.74 Å². The third kappa shape index (κ3) is 4.32. The lowest BCUT2D eigenvalue weighted by Gasteiger charge is -2.25. The van der Waals surface area contributed by atoms with Gasteiger partial charge >= 0.3 is 6.03 Å². The number of ether oxygens (including phenoxy) is 1. The fraction of sp³-hybridized carbons (Fsp3) is 0.333.